The van der Waals surface area contributed by atoms with Crippen molar-refractivity contribution in [3.05, 3.63) is 35.4 Å². The van der Waals surface area contributed by atoms with Gasteiger partial charge in [0.05, 0.1) is 0 Å². The average Bonchev–Trinajstić information content (AvgIpc) is 2.58. The third kappa shape index (κ3) is 5.75. The SMILES string of the molecule is Cc1ccc(C(=O)N2CCN(C(=O)CNC(=O)OC(C)(C)C)CC2)cc1. The van der Waals surface area contributed by atoms with Gasteiger partial charge in [-0.2, -0.15) is 0 Å². The van der Waals surface area contributed by atoms with E-state index in [2.05, 4.69) is 5.32 Å². The van der Waals surface area contributed by atoms with Gasteiger partial charge in [0, 0.05) is 31.7 Å². The van der Waals surface area contributed by atoms with Crippen LogP contribution in [0.25, 0.3) is 0 Å². The van der Waals surface area contributed by atoms with Crippen LogP contribution in [0.2, 0.25) is 0 Å². The van der Waals surface area contributed by atoms with Crippen molar-refractivity contribution >= 4 is 17.9 Å². The van der Waals surface area contributed by atoms with Crippen molar-refractivity contribution in [1.29, 1.82) is 0 Å². The zero-order chi connectivity index (χ0) is 19.3. The topological polar surface area (TPSA) is 79.0 Å². The molecule has 1 saturated heterocycles. The quantitative estimate of drug-likeness (QED) is 0.890. The molecular formula is C19H27N3O4. The van der Waals surface area contributed by atoms with Crippen LogP contribution in [0.3, 0.4) is 0 Å². The summed E-state index contributed by atoms with van der Waals surface area (Å²) in [5.41, 5.74) is 1.16. The van der Waals surface area contributed by atoms with E-state index < -0.39 is 11.7 Å². The van der Waals surface area contributed by atoms with E-state index >= 15 is 0 Å². The molecule has 26 heavy (non-hydrogen) atoms. The van der Waals surface area contributed by atoms with Gasteiger partial charge in [0.15, 0.2) is 0 Å². The van der Waals surface area contributed by atoms with Crippen LogP contribution in [-0.2, 0) is 9.53 Å². The van der Waals surface area contributed by atoms with Crippen molar-refractivity contribution in [3.63, 3.8) is 0 Å². The molecule has 142 valence electrons. The minimum Gasteiger partial charge on any atom is -0.444 e. The van der Waals surface area contributed by atoms with Crippen LogP contribution in [0.5, 0.6) is 0 Å². The number of alkyl carbamates (subject to hydrolysis) is 1. The molecule has 1 aromatic rings. The van der Waals surface area contributed by atoms with Crippen LogP contribution < -0.4 is 5.32 Å². The third-order valence-electron chi connectivity index (χ3n) is 4.00. The minimum absolute atomic E-state index is 0.0241. The van der Waals surface area contributed by atoms with E-state index in [0.717, 1.165) is 5.56 Å². The van der Waals surface area contributed by atoms with Gasteiger partial charge in [-0.25, -0.2) is 4.79 Å². The van der Waals surface area contributed by atoms with Gasteiger partial charge in [0.25, 0.3) is 5.91 Å². The van der Waals surface area contributed by atoms with Crippen LogP contribution in [0.4, 0.5) is 4.79 Å². The molecule has 2 rings (SSSR count). The Morgan fingerprint density at radius 3 is 2.08 bits per heavy atom. The summed E-state index contributed by atoms with van der Waals surface area (Å²) in [5.74, 6) is -0.206. The molecule has 0 radical (unpaired) electrons. The molecule has 1 N–H and O–H groups in total. The number of carbonyl (C=O) groups is 3. The monoisotopic (exact) mass is 361 g/mol. The zero-order valence-electron chi connectivity index (χ0n) is 15.9. The maximum absolute atomic E-state index is 12.5. The van der Waals surface area contributed by atoms with Crippen molar-refractivity contribution in [3.8, 4) is 0 Å². The van der Waals surface area contributed by atoms with Crippen molar-refractivity contribution < 1.29 is 19.1 Å². The van der Waals surface area contributed by atoms with Gasteiger partial charge in [-0.15, -0.1) is 0 Å². The van der Waals surface area contributed by atoms with Crippen LogP contribution >= 0.6 is 0 Å². The summed E-state index contributed by atoms with van der Waals surface area (Å²) in [4.78, 5) is 39.7. The molecule has 7 heteroatoms. The maximum Gasteiger partial charge on any atom is 0.408 e. The standard InChI is InChI=1S/C19H27N3O4/c1-14-5-7-15(8-6-14)17(24)22-11-9-21(10-12-22)16(23)13-20-18(25)26-19(2,3)4/h5-8H,9-13H2,1-4H3,(H,20,25). The van der Waals surface area contributed by atoms with Crippen LogP contribution in [0, 0.1) is 6.92 Å². The number of hydrogen-bond acceptors (Lipinski definition) is 4. The molecule has 0 saturated carbocycles. The molecule has 0 unspecified atom stereocenters. The summed E-state index contributed by atoms with van der Waals surface area (Å²) in [6.45, 7) is 9.01. The normalized spacial score (nSPS) is 14.8. The van der Waals surface area contributed by atoms with Crippen molar-refractivity contribution in [2.24, 2.45) is 0 Å². The second kappa shape index (κ2) is 8.21. The number of hydrogen-bond donors (Lipinski definition) is 1. The van der Waals surface area contributed by atoms with Crippen molar-refractivity contribution in [2.75, 3.05) is 32.7 Å². The Labute approximate surface area is 154 Å². The fourth-order valence-electron chi connectivity index (χ4n) is 2.61. The molecule has 1 fully saturated rings. The number of benzene rings is 1. The lowest BCUT2D eigenvalue weighted by Gasteiger charge is -2.35. The number of nitrogens with one attached hydrogen (secondary N) is 1. The molecule has 0 bridgehead atoms. The fourth-order valence-corrected chi connectivity index (χ4v) is 2.61. The number of piperazine rings is 1. The van der Waals surface area contributed by atoms with Gasteiger partial charge in [0.2, 0.25) is 5.91 Å². The first-order chi connectivity index (χ1) is 12.2. The molecule has 0 atom stereocenters. The van der Waals surface area contributed by atoms with Crippen LogP contribution in [0.15, 0.2) is 24.3 Å². The number of carbonyl (C=O) groups excluding carboxylic acids is 3. The largest absolute Gasteiger partial charge is 0.444 e. The summed E-state index contributed by atoms with van der Waals surface area (Å²) >= 11 is 0. The van der Waals surface area contributed by atoms with Gasteiger partial charge in [-0.05, 0) is 39.8 Å². The van der Waals surface area contributed by atoms with Crippen LogP contribution in [-0.4, -0.2) is 66.0 Å². The third-order valence-corrected chi connectivity index (χ3v) is 4.00. The summed E-state index contributed by atoms with van der Waals surface area (Å²) in [7, 11) is 0. The highest BCUT2D eigenvalue weighted by Crippen LogP contribution is 2.10. The number of ether oxygens (including phenoxy) is 1. The number of aryl methyl sites for hydroxylation is 1. The lowest BCUT2D eigenvalue weighted by atomic mass is 10.1. The first kappa shape index (κ1) is 19.8. The van der Waals surface area contributed by atoms with Gasteiger partial charge in [0.1, 0.15) is 12.1 Å². The Balaban J connectivity index is 1.78. The smallest absolute Gasteiger partial charge is 0.408 e. The zero-order valence-corrected chi connectivity index (χ0v) is 15.9. The predicted octanol–water partition coefficient (Wildman–Crippen LogP) is 1.80. The summed E-state index contributed by atoms with van der Waals surface area (Å²) < 4.78 is 5.11. The lowest BCUT2D eigenvalue weighted by Crippen LogP contribution is -2.52. The summed E-state index contributed by atoms with van der Waals surface area (Å²) in [6, 6.07) is 7.46. The Morgan fingerprint density at radius 2 is 1.54 bits per heavy atom. The van der Waals surface area contributed by atoms with Gasteiger partial charge < -0.3 is 19.9 Å². The summed E-state index contributed by atoms with van der Waals surface area (Å²) in [6.07, 6.45) is -0.612. The lowest BCUT2D eigenvalue weighted by molar-refractivity contribution is -0.131. The van der Waals surface area contributed by atoms with E-state index in [1.165, 1.54) is 0 Å². The van der Waals surface area contributed by atoms with Crippen LogP contribution in [0.1, 0.15) is 36.7 Å². The van der Waals surface area contributed by atoms with E-state index in [1.54, 1.807) is 30.6 Å². The van der Waals surface area contributed by atoms with Gasteiger partial charge in [-0.3, -0.25) is 9.59 Å². The van der Waals surface area contributed by atoms with Gasteiger partial charge >= 0.3 is 6.09 Å². The molecule has 0 aliphatic carbocycles. The Morgan fingerprint density at radius 1 is 1.00 bits per heavy atom. The fraction of sp³-hybridized carbons (Fsp3) is 0.526. The second-order valence-electron chi connectivity index (χ2n) is 7.39. The van der Waals surface area contributed by atoms with E-state index in [0.29, 0.717) is 31.7 Å². The maximum atomic E-state index is 12.5. The Kier molecular flexibility index (Phi) is 6.23. The number of amides is 3. The highest BCUT2D eigenvalue weighted by Gasteiger charge is 2.25. The second-order valence-corrected chi connectivity index (χ2v) is 7.39. The Bertz CT molecular complexity index is 656. The van der Waals surface area contributed by atoms with Gasteiger partial charge in [-0.1, -0.05) is 17.7 Å². The molecule has 0 aromatic heterocycles. The van der Waals surface area contributed by atoms with Crippen molar-refractivity contribution in [1.82, 2.24) is 15.1 Å². The van der Waals surface area contributed by atoms with E-state index in [1.807, 2.05) is 31.2 Å². The van der Waals surface area contributed by atoms with E-state index in [-0.39, 0.29) is 18.4 Å². The molecule has 1 aliphatic heterocycles. The first-order valence-corrected chi connectivity index (χ1v) is 8.76. The molecular weight excluding hydrogens is 334 g/mol. The molecule has 1 heterocycles. The van der Waals surface area contributed by atoms with E-state index in [9.17, 15) is 14.4 Å². The summed E-state index contributed by atoms with van der Waals surface area (Å²) in [5, 5.41) is 2.47. The van der Waals surface area contributed by atoms with E-state index in [4.69, 9.17) is 4.74 Å². The first-order valence-electron chi connectivity index (χ1n) is 8.76. The molecule has 1 aliphatic rings. The number of rotatable bonds is 3. The predicted molar refractivity (Wildman–Crippen MR) is 97.9 cm³/mol. The molecule has 7 nitrogen and oxygen atoms in total. The molecule has 0 spiro atoms. The molecule has 3 amide bonds. The molecule has 1 aromatic carbocycles. The number of nitrogens with zero attached hydrogens (tertiary/aromatic N) is 2. The Hall–Kier alpha value is -2.57. The average molecular weight is 361 g/mol. The highest BCUT2D eigenvalue weighted by molar-refractivity contribution is 5.94. The van der Waals surface area contributed by atoms with Crippen molar-refractivity contribution in [2.45, 2.75) is 33.3 Å². The highest BCUT2D eigenvalue weighted by atomic mass is 16.6. The minimum atomic E-state index is -0.612.